The van der Waals surface area contributed by atoms with E-state index in [9.17, 15) is 9.59 Å². The van der Waals surface area contributed by atoms with Crippen molar-refractivity contribution in [2.24, 2.45) is 0 Å². The van der Waals surface area contributed by atoms with Crippen LogP contribution in [0.15, 0.2) is 36.9 Å². The van der Waals surface area contributed by atoms with Gasteiger partial charge in [-0.2, -0.15) is 5.10 Å². The van der Waals surface area contributed by atoms with Crippen molar-refractivity contribution < 1.29 is 9.59 Å². The Labute approximate surface area is 140 Å². The summed E-state index contributed by atoms with van der Waals surface area (Å²) in [4.78, 5) is 27.8. The molecule has 0 unspecified atom stereocenters. The summed E-state index contributed by atoms with van der Waals surface area (Å²) >= 11 is 0. The van der Waals surface area contributed by atoms with Gasteiger partial charge in [0.1, 0.15) is 18.7 Å². The standard InChI is InChI=1S/C16H22N6O2/c1-11(14(23)21-16(2,3)4)19-15(24)20-12-5-7-13(8-6-12)22-10-17-9-18-22/h5-11H,1-4H3,(H,21,23)(H2,19,20,24)/t11-/m0/s1. The van der Waals surface area contributed by atoms with Crippen LogP contribution in [0.2, 0.25) is 0 Å². The Bertz CT molecular complexity index is 688. The van der Waals surface area contributed by atoms with Gasteiger partial charge in [0.2, 0.25) is 5.91 Å². The molecule has 8 nitrogen and oxygen atoms in total. The highest BCUT2D eigenvalue weighted by molar-refractivity contribution is 5.93. The first kappa shape index (κ1) is 17.5. The van der Waals surface area contributed by atoms with E-state index in [0.29, 0.717) is 5.69 Å². The molecule has 0 aliphatic heterocycles. The van der Waals surface area contributed by atoms with Gasteiger partial charge in [-0.15, -0.1) is 0 Å². The molecule has 1 aromatic carbocycles. The predicted octanol–water partition coefficient (Wildman–Crippen LogP) is 1.69. The van der Waals surface area contributed by atoms with Crippen molar-refractivity contribution in [3.05, 3.63) is 36.9 Å². The van der Waals surface area contributed by atoms with Crippen LogP contribution in [0.25, 0.3) is 5.69 Å². The highest BCUT2D eigenvalue weighted by Gasteiger charge is 2.20. The zero-order valence-corrected chi connectivity index (χ0v) is 14.2. The molecule has 2 rings (SSSR count). The van der Waals surface area contributed by atoms with Crippen molar-refractivity contribution in [1.82, 2.24) is 25.4 Å². The Morgan fingerprint density at radius 3 is 2.38 bits per heavy atom. The van der Waals surface area contributed by atoms with E-state index in [0.717, 1.165) is 5.69 Å². The van der Waals surface area contributed by atoms with E-state index < -0.39 is 12.1 Å². The van der Waals surface area contributed by atoms with Crippen molar-refractivity contribution in [2.75, 3.05) is 5.32 Å². The smallest absolute Gasteiger partial charge is 0.319 e. The fourth-order valence-electron chi connectivity index (χ4n) is 1.95. The zero-order chi connectivity index (χ0) is 17.7. The van der Waals surface area contributed by atoms with E-state index in [4.69, 9.17) is 0 Å². The van der Waals surface area contributed by atoms with Crippen molar-refractivity contribution >= 4 is 17.6 Å². The van der Waals surface area contributed by atoms with E-state index >= 15 is 0 Å². The number of hydrogen-bond donors (Lipinski definition) is 3. The minimum Gasteiger partial charge on any atom is -0.350 e. The van der Waals surface area contributed by atoms with Crippen LogP contribution < -0.4 is 16.0 Å². The summed E-state index contributed by atoms with van der Waals surface area (Å²) in [6.45, 7) is 7.28. The summed E-state index contributed by atoms with van der Waals surface area (Å²) in [5.74, 6) is -0.237. The summed E-state index contributed by atoms with van der Waals surface area (Å²) in [5, 5.41) is 12.1. The number of nitrogens with zero attached hydrogens (tertiary/aromatic N) is 3. The quantitative estimate of drug-likeness (QED) is 0.794. The zero-order valence-electron chi connectivity index (χ0n) is 14.2. The molecular formula is C16H22N6O2. The molecule has 0 spiro atoms. The summed E-state index contributed by atoms with van der Waals surface area (Å²) in [7, 11) is 0. The summed E-state index contributed by atoms with van der Waals surface area (Å²) < 4.78 is 1.61. The molecule has 2 aromatic rings. The van der Waals surface area contributed by atoms with Gasteiger partial charge < -0.3 is 16.0 Å². The molecule has 3 N–H and O–H groups in total. The molecule has 8 heteroatoms. The van der Waals surface area contributed by atoms with Gasteiger partial charge in [0.25, 0.3) is 0 Å². The highest BCUT2D eigenvalue weighted by atomic mass is 16.2. The van der Waals surface area contributed by atoms with Gasteiger partial charge in [-0.1, -0.05) is 0 Å². The molecule has 0 radical (unpaired) electrons. The summed E-state index contributed by atoms with van der Waals surface area (Å²) in [5.41, 5.74) is 1.09. The molecule has 0 aliphatic carbocycles. The number of nitrogens with one attached hydrogen (secondary N) is 3. The molecule has 0 fully saturated rings. The van der Waals surface area contributed by atoms with Crippen molar-refractivity contribution in [1.29, 1.82) is 0 Å². The van der Waals surface area contributed by atoms with Gasteiger partial charge in [0.05, 0.1) is 5.69 Å². The maximum Gasteiger partial charge on any atom is 0.319 e. The molecule has 1 atom stereocenters. The largest absolute Gasteiger partial charge is 0.350 e. The maximum absolute atomic E-state index is 12.0. The van der Waals surface area contributed by atoms with Crippen LogP contribution in [0.4, 0.5) is 10.5 Å². The van der Waals surface area contributed by atoms with Crippen LogP contribution in [0.5, 0.6) is 0 Å². The third kappa shape index (κ3) is 5.08. The van der Waals surface area contributed by atoms with E-state index in [1.165, 1.54) is 6.33 Å². The SMILES string of the molecule is C[C@H](NC(=O)Nc1ccc(-n2cncn2)cc1)C(=O)NC(C)(C)C. The maximum atomic E-state index is 12.0. The third-order valence-corrected chi connectivity index (χ3v) is 3.05. The molecule has 24 heavy (non-hydrogen) atoms. The van der Waals surface area contributed by atoms with E-state index in [1.54, 1.807) is 42.2 Å². The Balaban J connectivity index is 1.89. The topological polar surface area (TPSA) is 101 Å². The first-order valence-electron chi connectivity index (χ1n) is 7.59. The van der Waals surface area contributed by atoms with Gasteiger partial charge >= 0.3 is 6.03 Å². The first-order chi connectivity index (χ1) is 11.2. The Kier molecular flexibility index (Phi) is 5.18. The Morgan fingerprint density at radius 2 is 1.83 bits per heavy atom. The van der Waals surface area contributed by atoms with Crippen molar-refractivity contribution in [2.45, 2.75) is 39.3 Å². The van der Waals surface area contributed by atoms with Crippen LogP contribution in [0.3, 0.4) is 0 Å². The Hall–Kier alpha value is -2.90. The van der Waals surface area contributed by atoms with Crippen LogP contribution in [-0.4, -0.2) is 38.3 Å². The number of anilines is 1. The second-order valence-electron chi connectivity index (χ2n) is 6.45. The van der Waals surface area contributed by atoms with Gasteiger partial charge in [-0.25, -0.2) is 14.5 Å². The predicted molar refractivity (Wildman–Crippen MR) is 90.9 cm³/mol. The second-order valence-corrected chi connectivity index (χ2v) is 6.45. The number of carbonyl (C=O) groups is 2. The molecule has 0 saturated heterocycles. The number of hydrogen-bond acceptors (Lipinski definition) is 4. The minimum absolute atomic E-state index is 0.237. The van der Waals surface area contributed by atoms with E-state index in [-0.39, 0.29) is 11.4 Å². The lowest BCUT2D eigenvalue weighted by molar-refractivity contribution is -0.123. The third-order valence-electron chi connectivity index (χ3n) is 3.05. The molecule has 1 heterocycles. The van der Waals surface area contributed by atoms with Crippen LogP contribution in [-0.2, 0) is 4.79 Å². The lowest BCUT2D eigenvalue weighted by Crippen LogP contribution is -2.51. The highest BCUT2D eigenvalue weighted by Crippen LogP contribution is 2.12. The van der Waals surface area contributed by atoms with Gasteiger partial charge in [0, 0.05) is 11.2 Å². The van der Waals surface area contributed by atoms with Crippen LogP contribution >= 0.6 is 0 Å². The Morgan fingerprint density at radius 1 is 1.17 bits per heavy atom. The molecular weight excluding hydrogens is 308 g/mol. The molecule has 0 saturated carbocycles. The number of carbonyl (C=O) groups excluding carboxylic acids is 2. The number of amides is 3. The summed E-state index contributed by atoms with van der Waals surface area (Å²) in [6, 6.07) is 6.02. The average Bonchev–Trinajstić information content (AvgIpc) is 3.00. The van der Waals surface area contributed by atoms with Gasteiger partial charge in [-0.3, -0.25) is 4.79 Å². The van der Waals surface area contributed by atoms with Gasteiger partial charge in [-0.05, 0) is 52.0 Å². The average molecular weight is 330 g/mol. The van der Waals surface area contributed by atoms with E-state index in [2.05, 4.69) is 26.0 Å². The fraction of sp³-hybridized carbons (Fsp3) is 0.375. The molecule has 3 amide bonds. The van der Waals surface area contributed by atoms with Crippen LogP contribution in [0.1, 0.15) is 27.7 Å². The number of aromatic nitrogens is 3. The monoisotopic (exact) mass is 330 g/mol. The molecule has 0 bridgehead atoms. The van der Waals surface area contributed by atoms with Crippen molar-refractivity contribution in [3.63, 3.8) is 0 Å². The number of benzene rings is 1. The van der Waals surface area contributed by atoms with E-state index in [1.807, 2.05) is 20.8 Å². The van der Waals surface area contributed by atoms with Crippen LogP contribution in [0, 0.1) is 0 Å². The first-order valence-corrected chi connectivity index (χ1v) is 7.59. The normalized spacial score (nSPS) is 12.3. The molecule has 1 aromatic heterocycles. The molecule has 128 valence electrons. The number of rotatable bonds is 4. The van der Waals surface area contributed by atoms with Crippen molar-refractivity contribution in [3.8, 4) is 5.69 Å². The summed E-state index contributed by atoms with van der Waals surface area (Å²) in [6.07, 6.45) is 3.04. The molecule has 0 aliphatic rings. The van der Waals surface area contributed by atoms with Gasteiger partial charge in [0.15, 0.2) is 0 Å². The minimum atomic E-state index is -0.640. The second kappa shape index (κ2) is 7.12. The lowest BCUT2D eigenvalue weighted by atomic mass is 10.1. The fourth-order valence-corrected chi connectivity index (χ4v) is 1.95. The lowest BCUT2D eigenvalue weighted by Gasteiger charge is -2.23. The number of urea groups is 1.